The Morgan fingerprint density at radius 1 is 1.20 bits per heavy atom. The molecule has 3 aromatic heterocycles. The van der Waals surface area contributed by atoms with Crippen LogP contribution in [-0.2, 0) is 0 Å². The van der Waals surface area contributed by atoms with Crippen molar-refractivity contribution in [2.45, 2.75) is 13.8 Å². The minimum absolute atomic E-state index is 0.217. The van der Waals surface area contributed by atoms with Gasteiger partial charge in [-0.25, -0.2) is 9.97 Å². The highest BCUT2D eigenvalue weighted by molar-refractivity contribution is 6.07. The summed E-state index contributed by atoms with van der Waals surface area (Å²) in [5, 5.41) is 3.66. The van der Waals surface area contributed by atoms with Crippen LogP contribution < -0.4 is 5.32 Å². The highest BCUT2D eigenvalue weighted by atomic mass is 16.1. The molecule has 0 aliphatic rings. The molecule has 0 aliphatic heterocycles. The van der Waals surface area contributed by atoms with E-state index in [-0.39, 0.29) is 5.91 Å². The Kier molecular flexibility index (Phi) is 2.90. The lowest BCUT2D eigenvalue weighted by molar-refractivity contribution is 0.102. The molecule has 2 N–H and O–H groups in total. The van der Waals surface area contributed by atoms with Crippen LogP contribution in [0.3, 0.4) is 0 Å². The lowest BCUT2D eigenvalue weighted by atomic mass is 10.2. The summed E-state index contributed by atoms with van der Waals surface area (Å²) in [6.45, 7) is 3.94. The van der Waals surface area contributed by atoms with Crippen LogP contribution in [0.4, 0.5) is 5.82 Å². The molecular weight excluding hydrogens is 254 g/mol. The second-order valence-corrected chi connectivity index (χ2v) is 4.51. The average Bonchev–Trinajstić information content (AvgIpc) is 2.76. The highest BCUT2D eigenvalue weighted by Gasteiger charge is 2.14. The standard InChI is InChI=1S/C14H13N5O/c1-8-9(2)18-12-11(8)13(17-7-16-12)19-14(20)10-3-5-15-6-4-10/h3-7H,1-2H3,(H2,16,17,18,19,20). The zero-order chi connectivity index (χ0) is 14.1. The first-order valence-corrected chi connectivity index (χ1v) is 6.18. The quantitative estimate of drug-likeness (QED) is 0.745. The van der Waals surface area contributed by atoms with E-state index in [1.165, 1.54) is 6.33 Å². The average molecular weight is 267 g/mol. The lowest BCUT2D eigenvalue weighted by Crippen LogP contribution is -2.13. The normalized spacial score (nSPS) is 10.7. The van der Waals surface area contributed by atoms with Crippen LogP contribution in [0.15, 0.2) is 30.9 Å². The molecule has 0 unspecified atom stereocenters. The number of fused-ring (bicyclic) bond motifs is 1. The second kappa shape index (κ2) is 4.73. The van der Waals surface area contributed by atoms with E-state index in [4.69, 9.17) is 0 Å². The number of aryl methyl sites for hydroxylation is 2. The van der Waals surface area contributed by atoms with Crippen molar-refractivity contribution in [3.05, 3.63) is 47.7 Å². The number of rotatable bonds is 2. The fraction of sp³-hybridized carbons (Fsp3) is 0.143. The van der Waals surface area contributed by atoms with Crippen molar-refractivity contribution in [1.29, 1.82) is 0 Å². The third-order valence-corrected chi connectivity index (χ3v) is 3.27. The summed E-state index contributed by atoms with van der Waals surface area (Å²) in [4.78, 5) is 27.6. The van der Waals surface area contributed by atoms with Crippen molar-refractivity contribution in [2.24, 2.45) is 0 Å². The zero-order valence-corrected chi connectivity index (χ0v) is 11.1. The second-order valence-electron chi connectivity index (χ2n) is 4.51. The predicted molar refractivity (Wildman–Crippen MR) is 75.6 cm³/mol. The molecule has 0 aromatic carbocycles. The van der Waals surface area contributed by atoms with Gasteiger partial charge in [-0.1, -0.05) is 0 Å². The molecule has 0 bridgehead atoms. The maximum absolute atomic E-state index is 12.2. The highest BCUT2D eigenvalue weighted by Crippen LogP contribution is 2.25. The summed E-state index contributed by atoms with van der Waals surface area (Å²) in [5.41, 5.74) is 3.31. The van der Waals surface area contributed by atoms with Crippen molar-refractivity contribution in [1.82, 2.24) is 19.9 Å². The van der Waals surface area contributed by atoms with E-state index >= 15 is 0 Å². The van der Waals surface area contributed by atoms with Crippen molar-refractivity contribution >= 4 is 22.8 Å². The fourth-order valence-corrected chi connectivity index (χ4v) is 2.07. The Hall–Kier alpha value is -2.76. The van der Waals surface area contributed by atoms with Crippen LogP contribution in [0.25, 0.3) is 11.0 Å². The molecule has 1 amide bonds. The van der Waals surface area contributed by atoms with Crippen LogP contribution in [0.2, 0.25) is 0 Å². The molecule has 0 aliphatic carbocycles. The van der Waals surface area contributed by atoms with Crippen molar-refractivity contribution in [3.8, 4) is 0 Å². The molecule has 3 heterocycles. The SMILES string of the molecule is Cc1[nH]c2ncnc(NC(=O)c3ccncc3)c2c1C. The number of carbonyl (C=O) groups excluding carboxylic acids is 1. The molecular formula is C14H13N5O. The summed E-state index contributed by atoms with van der Waals surface area (Å²) in [7, 11) is 0. The molecule has 0 spiro atoms. The zero-order valence-electron chi connectivity index (χ0n) is 11.1. The predicted octanol–water partition coefficient (Wildman–Crippen LogP) is 2.22. The Morgan fingerprint density at radius 2 is 1.95 bits per heavy atom. The summed E-state index contributed by atoms with van der Waals surface area (Å²) in [6, 6.07) is 3.31. The molecule has 6 nitrogen and oxygen atoms in total. The van der Waals surface area contributed by atoms with Crippen LogP contribution in [-0.4, -0.2) is 25.8 Å². The van der Waals surface area contributed by atoms with Gasteiger partial charge in [0.25, 0.3) is 5.91 Å². The molecule has 0 saturated heterocycles. The number of nitrogens with one attached hydrogen (secondary N) is 2. The summed E-state index contributed by atoms with van der Waals surface area (Å²) in [6.07, 6.45) is 4.59. The third-order valence-electron chi connectivity index (χ3n) is 3.27. The minimum Gasteiger partial charge on any atom is -0.343 e. The first kappa shape index (κ1) is 12.3. The molecule has 6 heteroatoms. The van der Waals surface area contributed by atoms with Crippen LogP contribution in [0, 0.1) is 13.8 Å². The summed E-state index contributed by atoms with van der Waals surface area (Å²) < 4.78 is 0. The van der Waals surface area contributed by atoms with Gasteiger partial charge in [0, 0.05) is 23.7 Å². The number of hydrogen-bond donors (Lipinski definition) is 2. The van der Waals surface area contributed by atoms with E-state index in [2.05, 4.69) is 25.3 Å². The van der Waals surface area contributed by atoms with Crippen molar-refractivity contribution in [3.63, 3.8) is 0 Å². The Labute approximate surface area is 115 Å². The summed E-state index contributed by atoms with van der Waals surface area (Å²) >= 11 is 0. The van der Waals surface area contributed by atoms with E-state index in [1.54, 1.807) is 24.5 Å². The smallest absolute Gasteiger partial charge is 0.256 e. The van der Waals surface area contributed by atoms with E-state index in [0.29, 0.717) is 11.4 Å². The Morgan fingerprint density at radius 3 is 2.70 bits per heavy atom. The molecule has 0 atom stereocenters. The van der Waals surface area contributed by atoms with E-state index < -0.39 is 0 Å². The first-order chi connectivity index (χ1) is 9.66. The Bertz CT molecular complexity index is 779. The number of aromatic amines is 1. The number of carbonyl (C=O) groups is 1. The number of anilines is 1. The molecule has 0 radical (unpaired) electrons. The largest absolute Gasteiger partial charge is 0.343 e. The van der Waals surface area contributed by atoms with E-state index in [9.17, 15) is 4.79 Å². The maximum atomic E-state index is 12.2. The first-order valence-electron chi connectivity index (χ1n) is 6.18. The Balaban J connectivity index is 2.01. The fourth-order valence-electron chi connectivity index (χ4n) is 2.07. The number of H-pyrrole nitrogens is 1. The van der Waals surface area contributed by atoms with Gasteiger partial charge in [-0.05, 0) is 31.5 Å². The minimum atomic E-state index is -0.217. The van der Waals surface area contributed by atoms with Gasteiger partial charge in [-0.15, -0.1) is 0 Å². The molecule has 0 fully saturated rings. The topological polar surface area (TPSA) is 83.6 Å². The molecule has 0 saturated carbocycles. The summed E-state index contributed by atoms with van der Waals surface area (Å²) in [5.74, 6) is 0.296. The number of hydrogen-bond acceptors (Lipinski definition) is 4. The van der Waals surface area contributed by atoms with Crippen LogP contribution in [0.5, 0.6) is 0 Å². The van der Waals surface area contributed by atoms with Crippen LogP contribution >= 0.6 is 0 Å². The van der Waals surface area contributed by atoms with Gasteiger partial charge in [0.05, 0.1) is 5.39 Å². The van der Waals surface area contributed by atoms with Gasteiger partial charge in [0.15, 0.2) is 0 Å². The lowest BCUT2D eigenvalue weighted by Gasteiger charge is -2.05. The molecule has 3 rings (SSSR count). The molecule has 20 heavy (non-hydrogen) atoms. The number of pyridine rings is 1. The van der Waals surface area contributed by atoms with Gasteiger partial charge < -0.3 is 10.3 Å². The number of amides is 1. The van der Waals surface area contributed by atoms with Crippen molar-refractivity contribution in [2.75, 3.05) is 5.32 Å². The maximum Gasteiger partial charge on any atom is 0.256 e. The van der Waals surface area contributed by atoms with E-state index in [1.807, 2.05) is 13.8 Å². The molecule has 100 valence electrons. The van der Waals surface area contributed by atoms with Gasteiger partial charge in [0.1, 0.15) is 17.8 Å². The van der Waals surface area contributed by atoms with E-state index in [0.717, 1.165) is 22.3 Å². The number of aromatic nitrogens is 4. The number of nitrogens with zero attached hydrogens (tertiary/aromatic N) is 3. The monoisotopic (exact) mass is 267 g/mol. The van der Waals surface area contributed by atoms with Gasteiger partial charge >= 0.3 is 0 Å². The van der Waals surface area contributed by atoms with Gasteiger partial charge in [0.2, 0.25) is 0 Å². The molecule has 3 aromatic rings. The van der Waals surface area contributed by atoms with Gasteiger partial charge in [-0.2, -0.15) is 0 Å². The van der Waals surface area contributed by atoms with Gasteiger partial charge in [-0.3, -0.25) is 9.78 Å². The van der Waals surface area contributed by atoms with Crippen molar-refractivity contribution < 1.29 is 4.79 Å². The van der Waals surface area contributed by atoms with Crippen LogP contribution in [0.1, 0.15) is 21.6 Å². The third kappa shape index (κ3) is 2.01.